The first kappa shape index (κ1) is 17.2. The first-order chi connectivity index (χ1) is 12.1. The van der Waals surface area contributed by atoms with Crippen LogP contribution in [-0.2, 0) is 6.61 Å². The molecule has 1 aliphatic heterocycles. The maximum Gasteiger partial charge on any atom is 0.275 e. The molecule has 0 bridgehead atoms. The molecule has 0 aliphatic carbocycles. The quantitative estimate of drug-likeness (QED) is 0.824. The lowest BCUT2D eigenvalue weighted by Crippen LogP contribution is -2.49. The van der Waals surface area contributed by atoms with Crippen molar-refractivity contribution in [2.45, 2.75) is 25.2 Å². The van der Waals surface area contributed by atoms with Gasteiger partial charge in [0.2, 0.25) is 5.89 Å². The SMILES string of the molecule is COc1ccc(OCc2nc(C(=O)N3CC[C@H](O)[C@@H](O)C3)co2)cc1. The number of piperidine rings is 1. The molecule has 1 saturated heterocycles. The van der Waals surface area contributed by atoms with Crippen LogP contribution in [0, 0.1) is 0 Å². The molecule has 8 nitrogen and oxygen atoms in total. The van der Waals surface area contributed by atoms with E-state index in [0.29, 0.717) is 18.7 Å². The van der Waals surface area contributed by atoms with Crippen LogP contribution >= 0.6 is 0 Å². The van der Waals surface area contributed by atoms with E-state index in [4.69, 9.17) is 13.9 Å². The van der Waals surface area contributed by atoms with Gasteiger partial charge in [-0.1, -0.05) is 0 Å². The molecule has 2 N–H and O–H groups in total. The van der Waals surface area contributed by atoms with Crippen LogP contribution in [0.2, 0.25) is 0 Å². The highest BCUT2D eigenvalue weighted by atomic mass is 16.5. The van der Waals surface area contributed by atoms with Crippen LogP contribution in [-0.4, -0.2) is 58.4 Å². The number of benzene rings is 1. The van der Waals surface area contributed by atoms with Gasteiger partial charge in [0.05, 0.1) is 19.3 Å². The summed E-state index contributed by atoms with van der Waals surface area (Å²) in [4.78, 5) is 17.9. The molecule has 0 saturated carbocycles. The molecule has 0 spiro atoms. The van der Waals surface area contributed by atoms with Gasteiger partial charge < -0.3 is 29.0 Å². The van der Waals surface area contributed by atoms with Gasteiger partial charge in [-0.15, -0.1) is 0 Å². The van der Waals surface area contributed by atoms with E-state index in [9.17, 15) is 15.0 Å². The number of oxazole rings is 1. The van der Waals surface area contributed by atoms with Crippen LogP contribution in [0.1, 0.15) is 22.8 Å². The van der Waals surface area contributed by atoms with Gasteiger partial charge in [-0.25, -0.2) is 4.98 Å². The van der Waals surface area contributed by atoms with E-state index >= 15 is 0 Å². The number of aromatic nitrogens is 1. The monoisotopic (exact) mass is 348 g/mol. The van der Waals surface area contributed by atoms with Crippen molar-refractivity contribution in [3.63, 3.8) is 0 Å². The fourth-order valence-corrected chi connectivity index (χ4v) is 2.56. The molecule has 3 rings (SSSR count). The van der Waals surface area contributed by atoms with Crippen molar-refractivity contribution in [3.8, 4) is 11.5 Å². The largest absolute Gasteiger partial charge is 0.497 e. The zero-order chi connectivity index (χ0) is 17.8. The highest BCUT2D eigenvalue weighted by molar-refractivity contribution is 5.92. The van der Waals surface area contributed by atoms with Gasteiger partial charge in [0.1, 0.15) is 17.8 Å². The number of β-amino-alcohol motifs (C(OH)–C–C–N with tert-alkyl or cyclic N) is 1. The van der Waals surface area contributed by atoms with Crippen molar-refractivity contribution in [1.82, 2.24) is 9.88 Å². The molecule has 1 fully saturated rings. The van der Waals surface area contributed by atoms with Crippen LogP contribution in [0.5, 0.6) is 11.5 Å². The van der Waals surface area contributed by atoms with Gasteiger partial charge in [0, 0.05) is 13.1 Å². The Hall–Kier alpha value is -2.58. The number of rotatable bonds is 5. The maximum atomic E-state index is 12.4. The minimum atomic E-state index is -0.942. The van der Waals surface area contributed by atoms with Crippen molar-refractivity contribution >= 4 is 5.91 Å². The Morgan fingerprint density at radius 1 is 1.28 bits per heavy atom. The highest BCUT2D eigenvalue weighted by Gasteiger charge is 2.30. The Morgan fingerprint density at radius 2 is 2.00 bits per heavy atom. The highest BCUT2D eigenvalue weighted by Crippen LogP contribution is 2.19. The molecular formula is C17H20N2O6. The summed E-state index contributed by atoms with van der Waals surface area (Å²) >= 11 is 0. The van der Waals surface area contributed by atoms with Gasteiger partial charge in [0.25, 0.3) is 5.91 Å². The zero-order valence-corrected chi connectivity index (χ0v) is 13.8. The third-order valence-corrected chi connectivity index (χ3v) is 4.03. The molecule has 25 heavy (non-hydrogen) atoms. The average molecular weight is 348 g/mol. The Labute approximate surface area is 144 Å². The van der Waals surface area contributed by atoms with E-state index in [2.05, 4.69) is 4.98 Å². The van der Waals surface area contributed by atoms with E-state index in [1.807, 2.05) is 0 Å². The van der Waals surface area contributed by atoms with Gasteiger partial charge in [-0.2, -0.15) is 0 Å². The van der Waals surface area contributed by atoms with Crippen LogP contribution in [0.4, 0.5) is 0 Å². The molecule has 0 radical (unpaired) electrons. The number of ether oxygens (including phenoxy) is 2. The lowest BCUT2D eigenvalue weighted by molar-refractivity contribution is -0.0323. The topological polar surface area (TPSA) is 105 Å². The number of hydrogen-bond acceptors (Lipinski definition) is 7. The number of carbonyl (C=O) groups is 1. The summed E-state index contributed by atoms with van der Waals surface area (Å²) in [6.07, 6.45) is -0.137. The van der Waals surface area contributed by atoms with Gasteiger partial charge in [-0.3, -0.25) is 4.79 Å². The molecule has 0 unspecified atom stereocenters. The van der Waals surface area contributed by atoms with Crippen LogP contribution in [0.3, 0.4) is 0 Å². The Bertz CT molecular complexity index is 714. The third-order valence-electron chi connectivity index (χ3n) is 4.03. The average Bonchev–Trinajstić information content (AvgIpc) is 3.11. The van der Waals surface area contributed by atoms with Crippen molar-refractivity contribution in [3.05, 3.63) is 42.1 Å². The second-order valence-electron chi connectivity index (χ2n) is 5.77. The van der Waals surface area contributed by atoms with Crippen molar-refractivity contribution in [2.75, 3.05) is 20.2 Å². The summed E-state index contributed by atoms with van der Waals surface area (Å²) in [5, 5.41) is 19.2. The number of amides is 1. The minimum Gasteiger partial charge on any atom is -0.497 e. The zero-order valence-electron chi connectivity index (χ0n) is 13.8. The summed E-state index contributed by atoms with van der Waals surface area (Å²) in [5.41, 5.74) is 0.150. The summed E-state index contributed by atoms with van der Waals surface area (Å²) in [5.74, 6) is 1.28. The molecule has 2 heterocycles. The van der Waals surface area contributed by atoms with Crippen LogP contribution in [0.25, 0.3) is 0 Å². The number of hydrogen-bond donors (Lipinski definition) is 2. The number of carbonyl (C=O) groups excluding carboxylic acids is 1. The van der Waals surface area contributed by atoms with Gasteiger partial charge in [-0.05, 0) is 30.7 Å². The lowest BCUT2D eigenvalue weighted by atomic mass is 10.0. The molecular weight excluding hydrogens is 328 g/mol. The lowest BCUT2D eigenvalue weighted by Gasteiger charge is -2.32. The molecule has 1 aromatic heterocycles. The van der Waals surface area contributed by atoms with Crippen molar-refractivity contribution < 1.29 is 28.9 Å². The summed E-state index contributed by atoms with van der Waals surface area (Å²) in [7, 11) is 1.59. The van der Waals surface area contributed by atoms with E-state index in [0.717, 1.165) is 5.75 Å². The first-order valence-corrected chi connectivity index (χ1v) is 7.93. The van der Waals surface area contributed by atoms with Gasteiger partial charge >= 0.3 is 0 Å². The summed E-state index contributed by atoms with van der Waals surface area (Å²) < 4.78 is 15.9. The number of aliphatic hydroxyl groups is 2. The second-order valence-corrected chi connectivity index (χ2v) is 5.77. The summed E-state index contributed by atoms with van der Waals surface area (Å²) in [6, 6.07) is 7.06. The molecule has 134 valence electrons. The molecule has 2 atom stereocenters. The molecule has 1 aliphatic rings. The fraction of sp³-hybridized carbons (Fsp3) is 0.412. The molecule has 1 aromatic carbocycles. The van der Waals surface area contributed by atoms with Crippen molar-refractivity contribution in [1.29, 1.82) is 0 Å². The Balaban J connectivity index is 1.57. The minimum absolute atomic E-state index is 0.0739. The standard InChI is InChI=1S/C17H20N2O6/c1-23-11-2-4-12(5-3-11)24-10-16-18-13(9-25-16)17(22)19-7-6-14(20)15(21)8-19/h2-5,9,14-15,20-21H,6-8,10H2,1H3/t14-,15-/m0/s1. The number of methoxy groups -OCH3 is 1. The number of nitrogens with zero attached hydrogens (tertiary/aromatic N) is 2. The van der Waals surface area contributed by atoms with E-state index < -0.39 is 12.2 Å². The smallest absolute Gasteiger partial charge is 0.275 e. The van der Waals surface area contributed by atoms with E-state index in [1.54, 1.807) is 31.4 Å². The normalized spacial score (nSPS) is 20.4. The maximum absolute atomic E-state index is 12.4. The number of aliphatic hydroxyl groups excluding tert-OH is 2. The van der Waals surface area contributed by atoms with Crippen LogP contribution in [0.15, 0.2) is 34.9 Å². The Morgan fingerprint density at radius 3 is 2.68 bits per heavy atom. The summed E-state index contributed by atoms with van der Waals surface area (Å²) in [6.45, 7) is 0.521. The predicted molar refractivity (Wildman–Crippen MR) is 86.4 cm³/mol. The molecule has 1 amide bonds. The van der Waals surface area contributed by atoms with E-state index in [1.165, 1.54) is 11.2 Å². The van der Waals surface area contributed by atoms with Crippen LogP contribution < -0.4 is 9.47 Å². The molecule has 8 heteroatoms. The van der Waals surface area contributed by atoms with E-state index in [-0.39, 0.29) is 30.6 Å². The van der Waals surface area contributed by atoms with Gasteiger partial charge in [0.15, 0.2) is 12.3 Å². The van der Waals surface area contributed by atoms with Crippen molar-refractivity contribution in [2.24, 2.45) is 0 Å². The predicted octanol–water partition coefficient (Wildman–Crippen LogP) is 0.830. The Kier molecular flexibility index (Phi) is 5.20. The number of likely N-dealkylation sites (tertiary alicyclic amines) is 1. The molecule has 2 aromatic rings. The fourth-order valence-electron chi connectivity index (χ4n) is 2.56. The second kappa shape index (κ2) is 7.54. The third kappa shape index (κ3) is 4.09. The first-order valence-electron chi connectivity index (χ1n) is 7.93.